The molecule has 2 rings (SSSR count). The van der Waals surface area contributed by atoms with Gasteiger partial charge in [0.2, 0.25) is 0 Å². The van der Waals surface area contributed by atoms with E-state index in [1.165, 1.54) is 11.3 Å². The van der Waals surface area contributed by atoms with E-state index in [2.05, 4.69) is 41.5 Å². The Kier molecular flexibility index (Phi) is 11.9. The summed E-state index contributed by atoms with van der Waals surface area (Å²) in [5.41, 5.74) is 3.66. The molecule has 1 aliphatic heterocycles. The SMILES string of the molecule is CCNC(=NCCCOCC1CCCO1)NCCc1c(C)nn(C)c1C.I. The molecule has 0 aliphatic carbocycles. The molecule has 2 N–H and O–H groups in total. The molecule has 1 unspecified atom stereocenters. The van der Waals surface area contributed by atoms with Crippen LogP contribution < -0.4 is 10.6 Å². The number of hydrogen-bond donors (Lipinski definition) is 2. The number of rotatable bonds is 10. The predicted molar refractivity (Wildman–Crippen MR) is 120 cm³/mol. The number of halogens is 1. The molecule has 0 saturated carbocycles. The molecule has 8 heteroatoms. The number of nitrogens with zero attached hydrogens (tertiary/aromatic N) is 3. The van der Waals surface area contributed by atoms with Gasteiger partial charge in [0.05, 0.1) is 18.4 Å². The van der Waals surface area contributed by atoms with E-state index >= 15 is 0 Å². The lowest BCUT2D eigenvalue weighted by Crippen LogP contribution is -2.38. The minimum atomic E-state index is 0. The van der Waals surface area contributed by atoms with Gasteiger partial charge in [-0.25, -0.2) is 0 Å². The second-order valence-electron chi connectivity index (χ2n) is 6.77. The molecule has 0 amide bonds. The molecule has 156 valence electrons. The number of aromatic nitrogens is 2. The molecular weight excluding hydrogens is 457 g/mol. The van der Waals surface area contributed by atoms with Crippen molar-refractivity contribution in [1.29, 1.82) is 0 Å². The van der Waals surface area contributed by atoms with Crippen LogP contribution in [0.3, 0.4) is 0 Å². The highest BCUT2D eigenvalue weighted by Crippen LogP contribution is 2.12. The molecular formula is C19H36IN5O2. The van der Waals surface area contributed by atoms with E-state index in [4.69, 9.17) is 9.47 Å². The van der Waals surface area contributed by atoms with E-state index in [1.54, 1.807) is 0 Å². The molecule has 0 bridgehead atoms. The van der Waals surface area contributed by atoms with Crippen LogP contribution in [0.25, 0.3) is 0 Å². The standard InChI is InChI=1S/C19H35N5O2.HI/c1-5-20-19(21-10-7-12-25-14-17-8-6-13-26-17)22-11-9-18-15(2)23-24(4)16(18)3;/h17H,5-14H2,1-4H3,(H2,20,21,22);1H. The molecule has 1 saturated heterocycles. The van der Waals surface area contributed by atoms with Gasteiger partial charge >= 0.3 is 0 Å². The molecule has 1 aliphatic rings. The Morgan fingerprint density at radius 1 is 1.37 bits per heavy atom. The molecule has 1 aromatic rings. The van der Waals surface area contributed by atoms with E-state index in [9.17, 15) is 0 Å². The topological polar surface area (TPSA) is 72.7 Å². The molecule has 1 aromatic heterocycles. The van der Waals surface area contributed by atoms with Crippen LogP contribution in [-0.4, -0.2) is 61.3 Å². The van der Waals surface area contributed by atoms with Gasteiger partial charge in [-0.3, -0.25) is 9.67 Å². The van der Waals surface area contributed by atoms with E-state index in [-0.39, 0.29) is 24.0 Å². The van der Waals surface area contributed by atoms with E-state index < -0.39 is 0 Å². The molecule has 2 heterocycles. The second-order valence-corrected chi connectivity index (χ2v) is 6.77. The number of nitrogens with one attached hydrogen (secondary N) is 2. The fourth-order valence-electron chi connectivity index (χ4n) is 3.17. The minimum absolute atomic E-state index is 0. The van der Waals surface area contributed by atoms with Crippen molar-refractivity contribution >= 4 is 29.9 Å². The lowest BCUT2D eigenvalue weighted by atomic mass is 10.1. The zero-order valence-electron chi connectivity index (χ0n) is 17.2. The number of aryl methyl sites for hydroxylation is 2. The van der Waals surface area contributed by atoms with Gasteiger partial charge in [0.15, 0.2) is 5.96 Å². The molecule has 0 aromatic carbocycles. The van der Waals surface area contributed by atoms with Crippen molar-refractivity contribution in [1.82, 2.24) is 20.4 Å². The monoisotopic (exact) mass is 493 g/mol. The van der Waals surface area contributed by atoms with Crippen LogP contribution in [0.2, 0.25) is 0 Å². The summed E-state index contributed by atoms with van der Waals surface area (Å²) >= 11 is 0. The highest BCUT2D eigenvalue weighted by molar-refractivity contribution is 14.0. The van der Waals surface area contributed by atoms with Crippen molar-refractivity contribution in [2.75, 3.05) is 39.5 Å². The Bertz CT molecular complexity index is 571. The van der Waals surface area contributed by atoms with Crippen molar-refractivity contribution in [2.24, 2.45) is 12.0 Å². The van der Waals surface area contributed by atoms with Crippen molar-refractivity contribution in [3.8, 4) is 0 Å². The maximum absolute atomic E-state index is 5.68. The fourth-order valence-corrected chi connectivity index (χ4v) is 3.17. The lowest BCUT2D eigenvalue weighted by Gasteiger charge is -2.12. The quantitative estimate of drug-likeness (QED) is 0.227. The van der Waals surface area contributed by atoms with Crippen LogP contribution >= 0.6 is 24.0 Å². The van der Waals surface area contributed by atoms with Gasteiger partial charge in [0.1, 0.15) is 0 Å². The summed E-state index contributed by atoms with van der Waals surface area (Å²) < 4.78 is 13.2. The fraction of sp³-hybridized carbons (Fsp3) is 0.789. The summed E-state index contributed by atoms with van der Waals surface area (Å²) in [6.07, 6.45) is 4.46. The third kappa shape index (κ3) is 8.35. The van der Waals surface area contributed by atoms with Crippen LogP contribution in [0.5, 0.6) is 0 Å². The first-order valence-electron chi connectivity index (χ1n) is 9.82. The largest absolute Gasteiger partial charge is 0.379 e. The zero-order valence-corrected chi connectivity index (χ0v) is 19.5. The van der Waals surface area contributed by atoms with Gasteiger partial charge < -0.3 is 20.1 Å². The maximum atomic E-state index is 5.68. The maximum Gasteiger partial charge on any atom is 0.191 e. The Balaban J connectivity index is 0.00000364. The highest BCUT2D eigenvalue weighted by atomic mass is 127. The van der Waals surface area contributed by atoms with Gasteiger partial charge in [0, 0.05) is 45.6 Å². The average molecular weight is 493 g/mol. The van der Waals surface area contributed by atoms with Crippen molar-refractivity contribution in [3.63, 3.8) is 0 Å². The molecule has 0 radical (unpaired) electrons. The Hall–Kier alpha value is -0.870. The third-order valence-corrected chi connectivity index (χ3v) is 4.71. The normalized spacial score (nSPS) is 17.0. The van der Waals surface area contributed by atoms with Crippen molar-refractivity contribution in [2.45, 2.75) is 52.6 Å². The van der Waals surface area contributed by atoms with Crippen molar-refractivity contribution in [3.05, 3.63) is 17.0 Å². The molecule has 1 atom stereocenters. The van der Waals surface area contributed by atoms with Gasteiger partial charge in [0.25, 0.3) is 0 Å². The molecule has 7 nitrogen and oxygen atoms in total. The summed E-state index contributed by atoms with van der Waals surface area (Å²) in [7, 11) is 1.99. The van der Waals surface area contributed by atoms with Crippen LogP contribution in [0, 0.1) is 13.8 Å². The zero-order chi connectivity index (χ0) is 18.8. The first-order chi connectivity index (χ1) is 12.6. The smallest absolute Gasteiger partial charge is 0.191 e. The Morgan fingerprint density at radius 3 is 2.81 bits per heavy atom. The molecule has 1 fully saturated rings. The second kappa shape index (κ2) is 13.3. The Labute approximate surface area is 180 Å². The summed E-state index contributed by atoms with van der Waals surface area (Å²) in [5, 5.41) is 11.2. The number of aliphatic imine (C=N–C) groups is 1. The van der Waals surface area contributed by atoms with E-state index in [0.29, 0.717) is 12.7 Å². The first kappa shape index (κ1) is 24.2. The van der Waals surface area contributed by atoms with Crippen LogP contribution in [0.4, 0.5) is 0 Å². The summed E-state index contributed by atoms with van der Waals surface area (Å²) in [6.45, 7) is 11.0. The van der Waals surface area contributed by atoms with Crippen molar-refractivity contribution < 1.29 is 9.47 Å². The molecule has 0 spiro atoms. The van der Waals surface area contributed by atoms with Crippen LogP contribution in [-0.2, 0) is 22.9 Å². The average Bonchev–Trinajstić information content (AvgIpc) is 3.21. The van der Waals surface area contributed by atoms with E-state index in [1.807, 2.05) is 11.7 Å². The van der Waals surface area contributed by atoms with Gasteiger partial charge in [-0.2, -0.15) is 5.10 Å². The van der Waals surface area contributed by atoms with Gasteiger partial charge in [-0.05, 0) is 52.0 Å². The number of guanidine groups is 1. The van der Waals surface area contributed by atoms with Crippen LogP contribution in [0.1, 0.15) is 43.1 Å². The third-order valence-electron chi connectivity index (χ3n) is 4.71. The first-order valence-corrected chi connectivity index (χ1v) is 9.82. The summed E-state index contributed by atoms with van der Waals surface area (Å²) in [5.74, 6) is 0.867. The highest BCUT2D eigenvalue weighted by Gasteiger charge is 2.14. The van der Waals surface area contributed by atoms with Gasteiger partial charge in [-0.15, -0.1) is 24.0 Å². The number of hydrogen-bond acceptors (Lipinski definition) is 4. The summed E-state index contributed by atoms with van der Waals surface area (Å²) in [6, 6.07) is 0. The summed E-state index contributed by atoms with van der Waals surface area (Å²) in [4.78, 5) is 4.63. The predicted octanol–water partition coefficient (Wildman–Crippen LogP) is 2.34. The lowest BCUT2D eigenvalue weighted by molar-refractivity contribution is 0.0171. The van der Waals surface area contributed by atoms with E-state index in [0.717, 1.165) is 70.2 Å². The van der Waals surface area contributed by atoms with Gasteiger partial charge in [-0.1, -0.05) is 0 Å². The van der Waals surface area contributed by atoms with Crippen LogP contribution in [0.15, 0.2) is 4.99 Å². The Morgan fingerprint density at radius 2 is 2.19 bits per heavy atom. The molecule has 27 heavy (non-hydrogen) atoms. The minimum Gasteiger partial charge on any atom is -0.379 e. The number of ether oxygens (including phenoxy) is 2.